The largest absolute Gasteiger partial charge is 0.493 e. The fraction of sp³-hybridized carbons (Fsp3) is 0.286. The zero-order valence-corrected chi connectivity index (χ0v) is 18.8. The molecule has 1 aliphatic heterocycles. The lowest BCUT2D eigenvalue weighted by molar-refractivity contribution is -0.0512. The lowest BCUT2D eigenvalue weighted by atomic mass is 10.1. The molecule has 0 radical (unpaired) electrons. The zero-order chi connectivity index (χ0) is 24.5. The molecule has 0 atom stereocenters. The summed E-state index contributed by atoms with van der Waals surface area (Å²) in [7, 11) is -2.09. The highest BCUT2D eigenvalue weighted by molar-refractivity contribution is 7.92. The minimum absolute atomic E-state index is 0.0136. The number of rotatable bonds is 8. The number of methoxy groups -OCH3 is 1. The van der Waals surface area contributed by atoms with Gasteiger partial charge in [-0.25, -0.2) is 13.2 Å². The van der Waals surface area contributed by atoms with Gasteiger partial charge in [0.2, 0.25) is 15.8 Å². The minimum Gasteiger partial charge on any atom is -0.493 e. The number of hydrogen-bond acceptors (Lipinski definition) is 9. The molecular weight excluding hydrogens is 476 g/mol. The average Bonchev–Trinajstić information content (AvgIpc) is 3.44. The molecule has 0 N–H and O–H groups in total. The maximum Gasteiger partial charge on any atom is 0.387 e. The quantitative estimate of drug-likeness (QED) is 0.434. The smallest absolute Gasteiger partial charge is 0.387 e. The van der Waals surface area contributed by atoms with Crippen LogP contribution in [-0.4, -0.2) is 51.0 Å². The molecule has 13 heteroatoms. The number of esters is 1. The Labute approximate surface area is 193 Å². The Morgan fingerprint density at radius 1 is 1.21 bits per heavy atom. The number of nitrogens with zero attached hydrogens (tertiary/aromatic N) is 3. The van der Waals surface area contributed by atoms with Crippen LogP contribution in [0.4, 0.5) is 14.5 Å². The lowest BCUT2D eigenvalue weighted by Gasteiger charge is -2.16. The van der Waals surface area contributed by atoms with Crippen molar-refractivity contribution in [1.82, 2.24) is 10.1 Å². The first-order valence-corrected chi connectivity index (χ1v) is 11.7. The summed E-state index contributed by atoms with van der Waals surface area (Å²) in [6.07, 6.45) is 1.62. The number of anilines is 1. The minimum atomic E-state index is -3.39. The first-order chi connectivity index (χ1) is 16.2. The highest BCUT2D eigenvalue weighted by Crippen LogP contribution is 2.33. The maximum atomic E-state index is 12.5. The maximum absolute atomic E-state index is 12.5. The van der Waals surface area contributed by atoms with Crippen molar-refractivity contribution in [2.24, 2.45) is 0 Å². The standard InChI is InChI=1S/C21H19F2N3O7S/c1-30-17-10-13(4-6-16(17)32-21(22)23)19-24-18(33-25-19)11-31-20(27)14-3-5-15-12(9-14)7-8-26(15)34(2,28)29/h3-6,9-10,21H,7-8,11H2,1-2H3. The van der Waals surface area contributed by atoms with E-state index >= 15 is 0 Å². The van der Waals surface area contributed by atoms with Gasteiger partial charge in [-0.2, -0.15) is 13.8 Å². The van der Waals surface area contributed by atoms with Gasteiger partial charge in [-0.1, -0.05) is 5.16 Å². The molecule has 0 unspecified atom stereocenters. The first kappa shape index (κ1) is 23.4. The predicted octanol–water partition coefficient (Wildman–Crippen LogP) is 3.03. The molecule has 180 valence electrons. The molecule has 0 saturated carbocycles. The third-order valence-electron chi connectivity index (χ3n) is 5.00. The molecule has 1 aliphatic rings. The number of benzene rings is 2. The topological polar surface area (TPSA) is 121 Å². The molecule has 1 aromatic heterocycles. The SMILES string of the molecule is COc1cc(-c2noc(COC(=O)c3ccc4c(c3)CCN4S(C)(=O)=O)n2)ccc1OC(F)F. The van der Waals surface area contributed by atoms with Gasteiger partial charge >= 0.3 is 12.6 Å². The van der Waals surface area contributed by atoms with Gasteiger partial charge in [0.1, 0.15) is 0 Å². The van der Waals surface area contributed by atoms with Crippen molar-refractivity contribution in [3.8, 4) is 22.9 Å². The summed E-state index contributed by atoms with van der Waals surface area (Å²) in [6, 6.07) is 8.79. The number of hydrogen-bond donors (Lipinski definition) is 0. The second-order valence-electron chi connectivity index (χ2n) is 7.26. The van der Waals surface area contributed by atoms with Crippen LogP contribution < -0.4 is 13.8 Å². The molecular formula is C21H19F2N3O7S. The molecule has 4 rings (SSSR count). The highest BCUT2D eigenvalue weighted by atomic mass is 32.2. The number of alkyl halides is 2. The van der Waals surface area contributed by atoms with E-state index in [2.05, 4.69) is 14.9 Å². The molecule has 0 amide bonds. The Bertz CT molecular complexity index is 1330. The van der Waals surface area contributed by atoms with Crippen LogP contribution in [0.2, 0.25) is 0 Å². The second-order valence-corrected chi connectivity index (χ2v) is 9.17. The molecule has 34 heavy (non-hydrogen) atoms. The summed E-state index contributed by atoms with van der Waals surface area (Å²) in [5.41, 5.74) is 1.94. The van der Waals surface area contributed by atoms with Gasteiger partial charge in [0.15, 0.2) is 18.1 Å². The normalized spacial score (nSPS) is 13.1. The number of carbonyl (C=O) groups is 1. The summed E-state index contributed by atoms with van der Waals surface area (Å²) in [5.74, 6) is -0.587. The van der Waals surface area contributed by atoms with Crippen LogP contribution in [0, 0.1) is 0 Å². The molecule has 0 spiro atoms. The van der Waals surface area contributed by atoms with Crippen molar-refractivity contribution in [2.45, 2.75) is 19.6 Å². The van der Waals surface area contributed by atoms with Crippen molar-refractivity contribution in [2.75, 3.05) is 24.2 Å². The first-order valence-electron chi connectivity index (χ1n) is 9.89. The number of halogens is 2. The van der Waals surface area contributed by atoms with E-state index in [-0.39, 0.29) is 35.4 Å². The molecule has 0 bridgehead atoms. The van der Waals surface area contributed by atoms with Crippen LogP contribution >= 0.6 is 0 Å². The van der Waals surface area contributed by atoms with E-state index in [4.69, 9.17) is 14.0 Å². The zero-order valence-electron chi connectivity index (χ0n) is 18.0. The molecule has 0 saturated heterocycles. The van der Waals surface area contributed by atoms with Gasteiger partial charge in [0.05, 0.1) is 24.6 Å². The van der Waals surface area contributed by atoms with E-state index in [1.54, 1.807) is 12.1 Å². The number of ether oxygens (including phenoxy) is 3. The Kier molecular flexibility index (Phi) is 6.37. The molecule has 2 heterocycles. The van der Waals surface area contributed by atoms with Gasteiger partial charge in [-0.15, -0.1) is 0 Å². The van der Waals surface area contributed by atoms with Crippen molar-refractivity contribution >= 4 is 21.7 Å². The Morgan fingerprint density at radius 2 is 2.00 bits per heavy atom. The van der Waals surface area contributed by atoms with Gasteiger partial charge in [-0.05, 0) is 48.4 Å². The lowest BCUT2D eigenvalue weighted by Crippen LogP contribution is -2.27. The molecule has 0 aliphatic carbocycles. The second kappa shape index (κ2) is 9.25. The van der Waals surface area contributed by atoms with E-state index in [1.807, 2.05) is 0 Å². The Hall–Kier alpha value is -3.74. The highest BCUT2D eigenvalue weighted by Gasteiger charge is 2.27. The van der Waals surface area contributed by atoms with Crippen LogP contribution in [0.1, 0.15) is 21.8 Å². The number of carbonyl (C=O) groups excluding carboxylic acids is 1. The van der Waals surface area contributed by atoms with Crippen LogP contribution in [0.25, 0.3) is 11.4 Å². The summed E-state index contributed by atoms with van der Waals surface area (Å²) >= 11 is 0. The third kappa shape index (κ3) is 4.93. The van der Waals surface area contributed by atoms with E-state index in [0.29, 0.717) is 24.2 Å². The van der Waals surface area contributed by atoms with E-state index in [0.717, 1.165) is 11.8 Å². The molecule has 0 fully saturated rings. The third-order valence-corrected chi connectivity index (χ3v) is 6.18. The number of sulfonamides is 1. The van der Waals surface area contributed by atoms with Crippen LogP contribution in [0.5, 0.6) is 11.5 Å². The van der Waals surface area contributed by atoms with Crippen molar-refractivity contribution in [3.05, 3.63) is 53.4 Å². The van der Waals surface area contributed by atoms with Gasteiger partial charge in [-0.3, -0.25) is 4.31 Å². The van der Waals surface area contributed by atoms with Crippen LogP contribution in [0.3, 0.4) is 0 Å². The van der Waals surface area contributed by atoms with Crippen molar-refractivity contribution in [1.29, 1.82) is 0 Å². The summed E-state index contributed by atoms with van der Waals surface area (Å²) in [6.45, 7) is -2.99. The molecule has 2 aromatic carbocycles. The summed E-state index contributed by atoms with van der Waals surface area (Å²) < 4.78 is 69.7. The fourth-order valence-corrected chi connectivity index (χ4v) is 4.44. The monoisotopic (exact) mass is 495 g/mol. The van der Waals surface area contributed by atoms with Crippen LogP contribution in [0.15, 0.2) is 40.9 Å². The van der Waals surface area contributed by atoms with Gasteiger partial charge in [0.25, 0.3) is 5.89 Å². The van der Waals surface area contributed by atoms with Gasteiger partial charge < -0.3 is 18.7 Å². The Morgan fingerprint density at radius 3 is 2.71 bits per heavy atom. The predicted molar refractivity (Wildman–Crippen MR) is 114 cm³/mol. The molecule has 3 aromatic rings. The average molecular weight is 495 g/mol. The van der Waals surface area contributed by atoms with E-state index in [1.165, 1.54) is 35.7 Å². The van der Waals surface area contributed by atoms with E-state index < -0.39 is 22.6 Å². The number of aromatic nitrogens is 2. The molecule has 10 nitrogen and oxygen atoms in total. The van der Waals surface area contributed by atoms with E-state index in [9.17, 15) is 22.0 Å². The fourth-order valence-electron chi connectivity index (χ4n) is 3.48. The number of fused-ring (bicyclic) bond motifs is 1. The Balaban J connectivity index is 1.42. The van der Waals surface area contributed by atoms with Crippen molar-refractivity contribution in [3.63, 3.8) is 0 Å². The van der Waals surface area contributed by atoms with Crippen molar-refractivity contribution < 1.29 is 40.7 Å². The van der Waals surface area contributed by atoms with Gasteiger partial charge in [0, 0.05) is 12.1 Å². The summed E-state index contributed by atoms with van der Waals surface area (Å²) in [4.78, 5) is 16.6. The van der Waals surface area contributed by atoms with Crippen LogP contribution in [-0.2, 0) is 27.8 Å². The summed E-state index contributed by atoms with van der Waals surface area (Å²) in [5, 5.41) is 3.80.